The van der Waals surface area contributed by atoms with Gasteiger partial charge in [-0.25, -0.2) is 14.9 Å². The van der Waals surface area contributed by atoms with Crippen LogP contribution in [0.2, 0.25) is 0 Å². The van der Waals surface area contributed by atoms with E-state index in [0.29, 0.717) is 22.6 Å². The van der Waals surface area contributed by atoms with Crippen LogP contribution in [0.4, 0.5) is 0 Å². The van der Waals surface area contributed by atoms with Crippen LogP contribution in [0.3, 0.4) is 0 Å². The third kappa shape index (κ3) is 2.91. The summed E-state index contributed by atoms with van der Waals surface area (Å²) in [7, 11) is 3.28. The van der Waals surface area contributed by atoms with E-state index in [9.17, 15) is 4.79 Å². The van der Waals surface area contributed by atoms with Crippen molar-refractivity contribution < 1.29 is 9.15 Å². The van der Waals surface area contributed by atoms with E-state index in [0.717, 1.165) is 11.3 Å². The molecule has 0 saturated heterocycles. The number of thioether (sulfide) groups is 1. The summed E-state index contributed by atoms with van der Waals surface area (Å²) in [4.78, 5) is 15.5. The first-order chi connectivity index (χ1) is 10.7. The summed E-state index contributed by atoms with van der Waals surface area (Å²) in [6.07, 6.45) is 1.67. The number of ether oxygens (including phenoxy) is 1. The highest BCUT2D eigenvalue weighted by Crippen LogP contribution is 2.26. The molecule has 0 bridgehead atoms. The van der Waals surface area contributed by atoms with Crippen LogP contribution in [0, 0.1) is 0 Å². The molecule has 0 atom stereocenters. The fraction of sp³-hybridized carbons (Fsp3) is 0.214. The number of oxazole rings is 1. The van der Waals surface area contributed by atoms with E-state index in [-0.39, 0.29) is 5.69 Å². The van der Waals surface area contributed by atoms with Crippen LogP contribution >= 0.6 is 11.8 Å². The molecular formula is C14H14N4O3S. The SMILES string of the molecule is COc1cccc(-c2cnc(CSc3n[nH]c(=O)n3C)o2)c1. The summed E-state index contributed by atoms with van der Waals surface area (Å²) in [5.74, 6) is 2.49. The maximum absolute atomic E-state index is 11.3. The zero-order chi connectivity index (χ0) is 15.5. The van der Waals surface area contributed by atoms with Gasteiger partial charge >= 0.3 is 5.69 Å². The van der Waals surface area contributed by atoms with Gasteiger partial charge in [0, 0.05) is 12.6 Å². The second-order valence-corrected chi connectivity index (χ2v) is 5.45. The summed E-state index contributed by atoms with van der Waals surface area (Å²) in [6, 6.07) is 7.57. The predicted octanol–water partition coefficient (Wildman–Crippen LogP) is 2.06. The van der Waals surface area contributed by atoms with Crippen molar-refractivity contribution in [3.05, 3.63) is 46.8 Å². The van der Waals surface area contributed by atoms with Crippen molar-refractivity contribution in [2.75, 3.05) is 7.11 Å². The van der Waals surface area contributed by atoms with Crippen molar-refractivity contribution in [3.63, 3.8) is 0 Å². The molecule has 0 fully saturated rings. The van der Waals surface area contributed by atoms with E-state index in [4.69, 9.17) is 9.15 Å². The van der Waals surface area contributed by atoms with Crippen molar-refractivity contribution in [1.29, 1.82) is 0 Å². The number of H-pyrrole nitrogens is 1. The molecule has 3 aromatic rings. The molecule has 0 saturated carbocycles. The van der Waals surface area contributed by atoms with Gasteiger partial charge in [-0.2, -0.15) is 0 Å². The Balaban J connectivity index is 1.73. The number of rotatable bonds is 5. The van der Waals surface area contributed by atoms with Gasteiger partial charge in [-0.15, -0.1) is 5.10 Å². The molecule has 2 heterocycles. The molecule has 2 aromatic heterocycles. The molecule has 8 heteroatoms. The molecule has 0 unspecified atom stereocenters. The highest BCUT2D eigenvalue weighted by molar-refractivity contribution is 7.98. The predicted molar refractivity (Wildman–Crippen MR) is 81.9 cm³/mol. The average molecular weight is 318 g/mol. The normalized spacial score (nSPS) is 10.8. The molecule has 7 nitrogen and oxygen atoms in total. The Bertz CT molecular complexity index is 836. The number of aromatic nitrogens is 4. The third-order valence-corrected chi connectivity index (χ3v) is 4.09. The minimum absolute atomic E-state index is 0.244. The number of benzene rings is 1. The van der Waals surface area contributed by atoms with Crippen molar-refractivity contribution in [3.8, 4) is 17.1 Å². The number of nitrogens with one attached hydrogen (secondary N) is 1. The van der Waals surface area contributed by atoms with E-state index < -0.39 is 0 Å². The Hall–Kier alpha value is -2.48. The minimum atomic E-state index is -0.244. The van der Waals surface area contributed by atoms with Gasteiger partial charge in [-0.1, -0.05) is 23.9 Å². The fourth-order valence-corrected chi connectivity index (χ4v) is 2.65. The second kappa shape index (κ2) is 6.10. The van der Waals surface area contributed by atoms with Crippen molar-refractivity contribution in [2.45, 2.75) is 10.9 Å². The average Bonchev–Trinajstić information content (AvgIpc) is 3.14. The lowest BCUT2D eigenvalue weighted by Crippen LogP contribution is -2.12. The summed E-state index contributed by atoms with van der Waals surface area (Å²) < 4.78 is 12.4. The highest BCUT2D eigenvalue weighted by Gasteiger charge is 2.10. The summed E-state index contributed by atoms with van der Waals surface area (Å²) in [5, 5.41) is 6.90. The molecule has 22 heavy (non-hydrogen) atoms. The van der Waals surface area contributed by atoms with Gasteiger partial charge in [0.05, 0.1) is 19.1 Å². The highest BCUT2D eigenvalue weighted by atomic mass is 32.2. The fourth-order valence-electron chi connectivity index (χ4n) is 1.87. The van der Waals surface area contributed by atoms with Crippen molar-refractivity contribution in [2.24, 2.45) is 7.05 Å². The first-order valence-electron chi connectivity index (χ1n) is 6.50. The van der Waals surface area contributed by atoms with Crippen LogP contribution in [-0.2, 0) is 12.8 Å². The van der Waals surface area contributed by atoms with E-state index in [1.54, 1.807) is 20.4 Å². The smallest absolute Gasteiger partial charge is 0.343 e. The van der Waals surface area contributed by atoms with E-state index in [1.165, 1.54) is 16.3 Å². The standard InChI is InChI=1S/C14H14N4O3S/c1-18-13(19)16-17-14(18)22-8-12-15-7-11(21-12)9-4-3-5-10(6-9)20-2/h3-7H,8H2,1-2H3,(H,16,19). The van der Waals surface area contributed by atoms with Crippen LogP contribution in [0.1, 0.15) is 5.89 Å². The molecule has 3 rings (SSSR count). The minimum Gasteiger partial charge on any atom is -0.497 e. The van der Waals surface area contributed by atoms with Gasteiger partial charge in [0.25, 0.3) is 0 Å². The molecule has 0 aliphatic rings. The number of methoxy groups -OCH3 is 1. The van der Waals surface area contributed by atoms with Gasteiger partial charge < -0.3 is 9.15 Å². The van der Waals surface area contributed by atoms with Crippen molar-refractivity contribution >= 4 is 11.8 Å². The number of nitrogens with zero attached hydrogens (tertiary/aromatic N) is 3. The number of aromatic amines is 1. The molecule has 0 radical (unpaired) electrons. The van der Waals surface area contributed by atoms with Gasteiger partial charge in [0.1, 0.15) is 5.75 Å². The van der Waals surface area contributed by atoms with Gasteiger partial charge in [-0.3, -0.25) is 4.57 Å². The van der Waals surface area contributed by atoms with Crippen LogP contribution in [0.15, 0.2) is 44.8 Å². The summed E-state index contributed by atoms with van der Waals surface area (Å²) in [5.41, 5.74) is 0.655. The largest absolute Gasteiger partial charge is 0.497 e. The number of hydrogen-bond acceptors (Lipinski definition) is 6. The van der Waals surface area contributed by atoms with Gasteiger partial charge in [-0.05, 0) is 12.1 Å². The molecular weight excluding hydrogens is 304 g/mol. The molecule has 1 N–H and O–H groups in total. The van der Waals surface area contributed by atoms with Crippen LogP contribution < -0.4 is 10.4 Å². The zero-order valence-electron chi connectivity index (χ0n) is 12.1. The van der Waals surface area contributed by atoms with Crippen LogP contribution in [0.5, 0.6) is 5.75 Å². The maximum Gasteiger partial charge on any atom is 0.343 e. The molecule has 0 spiro atoms. The molecule has 0 amide bonds. The summed E-state index contributed by atoms with van der Waals surface area (Å²) in [6.45, 7) is 0. The lowest BCUT2D eigenvalue weighted by Gasteiger charge is -2.01. The van der Waals surface area contributed by atoms with Crippen LogP contribution in [0.25, 0.3) is 11.3 Å². The third-order valence-electron chi connectivity index (χ3n) is 3.07. The molecule has 114 valence electrons. The Morgan fingerprint density at radius 1 is 1.45 bits per heavy atom. The Morgan fingerprint density at radius 3 is 3.05 bits per heavy atom. The maximum atomic E-state index is 11.3. The van der Waals surface area contributed by atoms with Crippen molar-refractivity contribution in [1.82, 2.24) is 19.7 Å². The monoisotopic (exact) mass is 318 g/mol. The lowest BCUT2D eigenvalue weighted by atomic mass is 10.2. The summed E-state index contributed by atoms with van der Waals surface area (Å²) >= 11 is 1.38. The Morgan fingerprint density at radius 2 is 2.32 bits per heavy atom. The van der Waals surface area contributed by atoms with E-state index in [2.05, 4.69) is 15.2 Å². The lowest BCUT2D eigenvalue weighted by molar-refractivity contribution is 0.414. The van der Waals surface area contributed by atoms with Gasteiger partial charge in [0.2, 0.25) is 5.89 Å². The quantitative estimate of drug-likeness (QED) is 0.725. The van der Waals surface area contributed by atoms with Crippen LogP contribution in [-0.4, -0.2) is 26.9 Å². The van der Waals surface area contributed by atoms with E-state index >= 15 is 0 Å². The van der Waals surface area contributed by atoms with Gasteiger partial charge in [0.15, 0.2) is 10.9 Å². The number of hydrogen-bond donors (Lipinski definition) is 1. The molecule has 0 aliphatic carbocycles. The Labute approximate surface area is 130 Å². The zero-order valence-corrected chi connectivity index (χ0v) is 12.9. The molecule has 1 aromatic carbocycles. The first kappa shape index (κ1) is 14.5. The first-order valence-corrected chi connectivity index (χ1v) is 7.49. The topological polar surface area (TPSA) is 85.9 Å². The second-order valence-electron chi connectivity index (χ2n) is 4.51. The van der Waals surface area contributed by atoms with E-state index in [1.807, 2.05) is 24.3 Å². The molecule has 0 aliphatic heterocycles. The Kier molecular flexibility index (Phi) is 4.01.